The molecule has 0 saturated heterocycles. The van der Waals surface area contributed by atoms with Gasteiger partial charge in [0.25, 0.3) is 0 Å². The molecule has 4 nitrogen and oxygen atoms in total. The third kappa shape index (κ3) is 6.02. The quantitative estimate of drug-likeness (QED) is 0.777. The van der Waals surface area contributed by atoms with E-state index in [1.165, 1.54) is 0 Å². The van der Waals surface area contributed by atoms with E-state index >= 15 is 0 Å². The van der Waals surface area contributed by atoms with E-state index in [0.717, 1.165) is 24.9 Å². The molecule has 4 heteroatoms. The molecule has 0 spiro atoms. The van der Waals surface area contributed by atoms with Gasteiger partial charge in [-0.1, -0.05) is 13.3 Å². The highest BCUT2D eigenvalue weighted by atomic mass is 16.2. The smallest absolute Gasteiger partial charge is 0.234 e. The van der Waals surface area contributed by atoms with Crippen LogP contribution in [0, 0.1) is 0 Å². The van der Waals surface area contributed by atoms with Gasteiger partial charge in [0.1, 0.15) is 0 Å². The van der Waals surface area contributed by atoms with Gasteiger partial charge in [0.05, 0.1) is 6.54 Å². The SMILES string of the molecule is CCCCN(C)CC(=O)NCc1ccncc1. The number of hydrogen-bond acceptors (Lipinski definition) is 3. The van der Waals surface area contributed by atoms with Crippen molar-refractivity contribution in [2.24, 2.45) is 0 Å². The van der Waals surface area contributed by atoms with Crippen molar-refractivity contribution < 1.29 is 4.79 Å². The lowest BCUT2D eigenvalue weighted by Gasteiger charge is -2.15. The third-order valence-electron chi connectivity index (χ3n) is 2.55. The second kappa shape index (κ2) is 7.79. The number of nitrogens with one attached hydrogen (secondary N) is 1. The van der Waals surface area contributed by atoms with Crippen molar-refractivity contribution >= 4 is 5.91 Å². The van der Waals surface area contributed by atoms with Crippen molar-refractivity contribution in [1.82, 2.24) is 15.2 Å². The van der Waals surface area contributed by atoms with E-state index in [0.29, 0.717) is 13.1 Å². The predicted octanol–water partition coefficient (Wildman–Crippen LogP) is 1.43. The Kier molecular flexibility index (Phi) is 6.25. The van der Waals surface area contributed by atoms with E-state index in [2.05, 4.69) is 17.2 Å². The lowest BCUT2D eigenvalue weighted by atomic mass is 10.2. The van der Waals surface area contributed by atoms with Gasteiger partial charge in [-0.3, -0.25) is 14.7 Å². The standard InChI is InChI=1S/C13H21N3O/c1-3-4-9-16(2)11-13(17)15-10-12-5-7-14-8-6-12/h5-8H,3-4,9-11H2,1-2H3,(H,15,17). The fraction of sp³-hybridized carbons (Fsp3) is 0.538. The molecule has 0 aromatic carbocycles. The Morgan fingerprint density at radius 1 is 1.41 bits per heavy atom. The van der Waals surface area contributed by atoms with Gasteiger partial charge in [-0.2, -0.15) is 0 Å². The summed E-state index contributed by atoms with van der Waals surface area (Å²) < 4.78 is 0. The summed E-state index contributed by atoms with van der Waals surface area (Å²) in [5, 5.41) is 2.90. The summed E-state index contributed by atoms with van der Waals surface area (Å²) in [6.07, 6.45) is 5.75. The van der Waals surface area contributed by atoms with Crippen molar-refractivity contribution in [3.63, 3.8) is 0 Å². The molecule has 0 aliphatic rings. The topological polar surface area (TPSA) is 45.2 Å². The van der Waals surface area contributed by atoms with Gasteiger partial charge in [-0.15, -0.1) is 0 Å². The average molecular weight is 235 g/mol. The Morgan fingerprint density at radius 3 is 2.76 bits per heavy atom. The van der Waals surface area contributed by atoms with Gasteiger partial charge in [0.2, 0.25) is 5.91 Å². The Hall–Kier alpha value is -1.42. The Balaban J connectivity index is 2.21. The van der Waals surface area contributed by atoms with E-state index in [4.69, 9.17) is 0 Å². The van der Waals surface area contributed by atoms with E-state index < -0.39 is 0 Å². The first-order valence-electron chi connectivity index (χ1n) is 6.06. The fourth-order valence-corrected chi connectivity index (χ4v) is 1.51. The molecule has 17 heavy (non-hydrogen) atoms. The third-order valence-corrected chi connectivity index (χ3v) is 2.55. The number of amides is 1. The molecule has 94 valence electrons. The molecule has 1 aromatic heterocycles. The maximum atomic E-state index is 11.6. The van der Waals surface area contributed by atoms with Crippen LogP contribution in [-0.2, 0) is 11.3 Å². The number of likely N-dealkylation sites (N-methyl/N-ethyl adjacent to an activating group) is 1. The van der Waals surface area contributed by atoms with Crippen molar-refractivity contribution in [1.29, 1.82) is 0 Å². The number of nitrogens with zero attached hydrogens (tertiary/aromatic N) is 2. The molecule has 0 saturated carbocycles. The van der Waals surface area contributed by atoms with Crippen LogP contribution in [0.2, 0.25) is 0 Å². The van der Waals surface area contributed by atoms with Crippen LogP contribution in [0.25, 0.3) is 0 Å². The lowest BCUT2D eigenvalue weighted by molar-refractivity contribution is -0.122. The molecule has 0 unspecified atom stereocenters. The molecule has 1 rings (SSSR count). The van der Waals surface area contributed by atoms with Crippen LogP contribution >= 0.6 is 0 Å². The molecule has 0 radical (unpaired) electrons. The normalized spacial score (nSPS) is 10.5. The summed E-state index contributed by atoms with van der Waals surface area (Å²) in [7, 11) is 1.97. The molecule has 1 aromatic rings. The summed E-state index contributed by atoms with van der Waals surface area (Å²) in [6.45, 7) is 4.16. The van der Waals surface area contributed by atoms with Gasteiger partial charge in [0, 0.05) is 18.9 Å². The number of carbonyl (C=O) groups excluding carboxylic acids is 1. The highest BCUT2D eigenvalue weighted by Crippen LogP contribution is 1.95. The van der Waals surface area contributed by atoms with E-state index in [1.54, 1.807) is 12.4 Å². The molecule has 0 aliphatic carbocycles. The Bertz CT molecular complexity index is 327. The van der Waals surface area contributed by atoms with Gasteiger partial charge >= 0.3 is 0 Å². The van der Waals surface area contributed by atoms with Gasteiger partial charge < -0.3 is 5.32 Å². The largest absolute Gasteiger partial charge is 0.351 e. The van der Waals surface area contributed by atoms with Gasteiger partial charge in [-0.25, -0.2) is 0 Å². The van der Waals surface area contributed by atoms with Crippen molar-refractivity contribution in [2.75, 3.05) is 20.1 Å². The number of rotatable bonds is 7. The van der Waals surface area contributed by atoms with Gasteiger partial charge in [-0.05, 0) is 37.7 Å². The van der Waals surface area contributed by atoms with E-state index in [9.17, 15) is 4.79 Å². The van der Waals surface area contributed by atoms with Crippen LogP contribution in [0.15, 0.2) is 24.5 Å². The van der Waals surface area contributed by atoms with Crippen LogP contribution in [-0.4, -0.2) is 35.9 Å². The molecule has 1 N–H and O–H groups in total. The molecular formula is C13H21N3O. The molecule has 1 heterocycles. The highest BCUT2D eigenvalue weighted by Gasteiger charge is 2.05. The zero-order valence-electron chi connectivity index (χ0n) is 10.6. The summed E-state index contributed by atoms with van der Waals surface area (Å²) in [4.78, 5) is 17.6. The molecule has 0 bridgehead atoms. The summed E-state index contributed by atoms with van der Waals surface area (Å²) in [5.41, 5.74) is 1.07. The maximum absolute atomic E-state index is 11.6. The number of carbonyl (C=O) groups is 1. The zero-order valence-corrected chi connectivity index (χ0v) is 10.6. The van der Waals surface area contributed by atoms with Gasteiger partial charge in [0.15, 0.2) is 0 Å². The summed E-state index contributed by atoms with van der Waals surface area (Å²) in [6, 6.07) is 3.81. The second-order valence-electron chi connectivity index (χ2n) is 4.22. The molecule has 0 fully saturated rings. The van der Waals surface area contributed by atoms with Crippen molar-refractivity contribution in [3.8, 4) is 0 Å². The van der Waals surface area contributed by atoms with Crippen LogP contribution in [0.4, 0.5) is 0 Å². The molecule has 0 atom stereocenters. The maximum Gasteiger partial charge on any atom is 0.234 e. The Morgan fingerprint density at radius 2 is 2.12 bits per heavy atom. The van der Waals surface area contributed by atoms with Crippen LogP contribution < -0.4 is 5.32 Å². The number of aromatic nitrogens is 1. The summed E-state index contributed by atoms with van der Waals surface area (Å²) >= 11 is 0. The number of unbranched alkanes of at least 4 members (excludes halogenated alkanes) is 1. The van der Waals surface area contributed by atoms with Crippen molar-refractivity contribution in [2.45, 2.75) is 26.3 Å². The monoisotopic (exact) mass is 235 g/mol. The second-order valence-corrected chi connectivity index (χ2v) is 4.22. The lowest BCUT2D eigenvalue weighted by Crippen LogP contribution is -2.35. The number of pyridine rings is 1. The minimum Gasteiger partial charge on any atom is -0.351 e. The minimum absolute atomic E-state index is 0.0698. The molecule has 1 amide bonds. The van der Waals surface area contributed by atoms with E-state index in [1.807, 2.05) is 24.1 Å². The fourth-order valence-electron chi connectivity index (χ4n) is 1.51. The first kappa shape index (κ1) is 13.6. The summed E-state index contributed by atoms with van der Waals surface area (Å²) in [5.74, 6) is 0.0698. The first-order valence-corrected chi connectivity index (χ1v) is 6.06. The van der Waals surface area contributed by atoms with E-state index in [-0.39, 0.29) is 5.91 Å². The minimum atomic E-state index is 0.0698. The number of hydrogen-bond donors (Lipinski definition) is 1. The molecule has 0 aliphatic heterocycles. The first-order chi connectivity index (χ1) is 8.22. The average Bonchev–Trinajstić information content (AvgIpc) is 2.35. The Labute approximate surface area is 103 Å². The highest BCUT2D eigenvalue weighted by molar-refractivity contribution is 5.77. The van der Waals surface area contributed by atoms with Crippen molar-refractivity contribution in [3.05, 3.63) is 30.1 Å². The van der Waals surface area contributed by atoms with Crippen LogP contribution in [0.3, 0.4) is 0 Å². The predicted molar refractivity (Wildman–Crippen MR) is 68.5 cm³/mol. The van der Waals surface area contributed by atoms with Crippen LogP contribution in [0.1, 0.15) is 25.3 Å². The molecular weight excluding hydrogens is 214 g/mol. The zero-order chi connectivity index (χ0) is 12.5. The van der Waals surface area contributed by atoms with Crippen LogP contribution in [0.5, 0.6) is 0 Å².